The van der Waals surface area contributed by atoms with Crippen molar-refractivity contribution in [3.05, 3.63) is 66.2 Å². The first kappa shape index (κ1) is 23.9. The van der Waals surface area contributed by atoms with Crippen LogP contribution in [0.1, 0.15) is 43.0 Å². The van der Waals surface area contributed by atoms with Crippen molar-refractivity contribution >= 4 is 38.2 Å². The smallest absolute Gasteiger partial charge is 0.246 e. The maximum Gasteiger partial charge on any atom is 0.246 e. The number of hydrogen-bond acceptors (Lipinski definition) is 5. The van der Waals surface area contributed by atoms with Gasteiger partial charge in [-0.1, -0.05) is 36.4 Å². The standard InChI is InChI=1S/C26H28N2O5S/c1-2-33-24-13-11-22(18-25(24)34(31,32)28-15-5-6-16-28)27-26(30)14-12-23(29)21-10-9-19-7-3-4-8-20(19)17-21/h3-4,7-11,13,17-18H,2,5-6,12,14-16H2,1H3,(H,27,30). The number of carbonyl (C=O) groups is 2. The molecule has 1 heterocycles. The number of ether oxygens (including phenoxy) is 1. The van der Waals surface area contributed by atoms with E-state index in [0.29, 0.717) is 30.9 Å². The molecular weight excluding hydrogens is 452 g/mol. The molecule has 8 heteroatoms. The van der Waals surface area contributed by atoms with Gasteiger partial charge in [0.1, 0.15) is 10.6 Å². The molecule has 3 aromatic rings. The van der Waals surface area contributed by atoms with Crippen molar-refractivity contribution in [2.24, 2.45) is 0 Å². The fourth-order valence-electron chi connectivity index (χ4n) is 4.09. The van der Waals surface area contributed by atoms with Crippen LogP contribution in [0, 0.1) is 0 Å². The number of sulfonamides is 1. The molecule has 0 aromatic heterocycles. The maximum absolute atomic E-state index is 13.1. The lowest BCUT2D eigenvalue weighted by Crippen LogP contribution is -2.28. The van der Waals surface area contributed by atoms with Crippen LogP contribution in [-0.4, -0.2) is 44.1 Å². The van der Waals surface area contributed by atoms with Gasteiger partial charge in [0.25, 0.3) is 0 Å². The summed E-state index contributed by atoms with van der Waals surface area (Å²) in [5, 5.41) is 4.74. The molecule has 1 aliphatic rings. The van der Waals surface area contributed by atoms with Crippen molar-refractivity contribution in [1.82, 2.24) is 4.31 Å². The number of carbonyl (C=O) groups excluding carboxylic acids is 2. The van der Waals surface area contributed by atoms with Gasteiger partial charge in [-0.2, -0.15) is 4.31 Å². The molecule has 0 radical (unpaired) electrons. The van der Waals surface area contributed by atoms with Crippen molar-refractivity contribution < 1.29 is 22.7 Å². The Morgan fingerprint density at radius 3 is 2.41 bits per heavy atom. The topological polar surface area (TPSA) is 92.8 Å². The summed E-state index contributed by atoms with van der Waals surface area (Å²) >= 11 is 0. The highest BCUT2D eigenvalue weighted by molar-refractivity contribution is 7.89. The number of rotatable bonds is 9. The second-order valence-corrected chi connectivity index (χ2v) is 10.1. The van der Waals surface area contributed by atoms with E-state index in [-0.39, 0.29) is 35.2 Å². The molecule has 0 bridgehead atoms. The Balaban J connectivity index is 1.44. The molecule has 4 rings (SSSR count). The van der Waals surface area contributed by atoms with Crippen molar-refractivity contribution in [3.63, 3.8) is 0 Å². The zero-order valence-corrected chi connectivity index (χ0v) is 19.9. The van der Waals surface area contributed by atoms with Gasteiger partial charge >= 0.3 is 0 Å². The molecule has 1 N–H and O–H groups in total. The van der Waals surface area contributed by atoms with E-state index in [0.717, 1.165) is 23.6 Å². The van der Waals surface area contributed by atoms with Gasteiger partial charge in [-0.05, 0) is 54.8 Å². The van der Waals surface area contributed by atoms with Crippen LogP contribution >= 0.6 is 0 Å². The van der Waals surface area contributed by atoms with E-state index >= 15 is 0 Å². The van der Waals surface area contributed by atoms with Gasteiger partial charge in [0, 0.05) is 37.2 Å². The van der Waals surface area contributed by atoms with Crippen molar-refractivity contribution in [3.8, 4) is 5.75 Å². The number of amides is 1. The van der Waals surface area contributed by atoms with E-state index < -0.39 is 10.0 Å². The van der Waals surface area contributed by atoms with E-state index in [1.54, 1.807) is 25.1 Å². The lowest BCUT2D eigenvalue weighted by atomic mass is 10.0. The Hall–Kier alpha value is -3.23. The van der Waals surface area contributed by atoms with Gasteiger partial charge in [-0.3, -0.25) is 9.59 Å². The van der Waals surface area contributed by atoms with Gasteiger partial charge in [0.05, 0.1) is 6.61 Å². The number of anilines is 1. The van der Waals surface area contributed by atoms with E-state index in [9.17, 15) is 18.0 Å². The van der Waals surface area contributed by atoms with E-state index in [4.69, 9.17) is 4.74 Å². The predicted octanol–water partition coefficient (Wildman–Crippen LogP) is 4.62. The summed E-state index contributed by atoms with van der Waals surface area (Å²) in [5.41, 5.74) is 0.913. The average molecular weight is 481 g/mol. The van der Waals surface area contributed by atoms with E-state index in [2.05, 4.69) is 5.32 Å². The van der Waals surface area contributed by atoms with Crippen LogP contribution in [0.5, 0.6) is 5.75 Å². The first-order valence-electron chi connectivity index (χ1n) is 11.5. The second kappa shape index (κ2) is 10.4. The van der Waals surface area contributed by atoms with Crippen LogP contribution in [0.2, 0.25) is 0 Å². The maximum atomic E-state index is 13.1. The first-order chi connectivity index (χ1) is 16.4. The Bertz CT molecular complexity index is 1310. The summed E-state index contributed by atoms with van der Waals surface area (Å²) in [6.07, 6.45) is 1.70. The molecule has 0 unspecified atom stereocenters. The number of nitrogens with zero attached hydrogens (tertiary/aromatic N) is 1. The summed E-state index contributed by atoms with van der Waals surface area (Å²) < 4.78 is 33.2. The van der Waals surface area contributed by atoms with E-state index in [1.807, 2.05) is 36.4 Å². The summed E-state index contributed by atoms with van der Waals surface area (Å²) in [5.74, 6) is -0.216. The molecule has 0 spiro atoms. The number of benzene rings is 3. The van der Waals surface area contributed by atoms with Gasteiger partial charge in [0.2, 0.25) is 15.9 Å². The van der Waals surface area contributed by atoms with Crippen LogP contribution in [0.25, 0.3) is 10.8 Å². The minimum absolute atomic E-state index is 0.00687. The largest absolute Gasteiger partial charge is 0.492 e. The molecule has 7 nitrogen and oxygen atoms in total. The summed E-state index contributed by atoms with van der Waals surface area (Å²) in [7, 11) is -3.73. The van der Waals surface area contributed by atoms with Gasteiger partial charge in [-0.25, -0.2) is 8.42 Å². The van der Waals surface area contributed by atoms with Gasteiger partial charge < -0.3 is 10.1 Å². The molecule has 34 heavy (non-hydrogen) atoms. The van der Waals surface area contributed by atoms with Crippen LogP contribution < -0.4 is 10.1 Å². The zero-order chi connectivity index (χ0) is 24.1. The van der Waals surface area contributed by atoms with Gasteiger partial charge in [-0.15, -0.1) is 0 Å². The van der Waals surface area contributed by atoms with Crippen LogP contribution in [0.15, 0.2) is 65.6 Å². The number of Topliss-reactive ketones (excluding diaryl/α,β-unsaturated/α-hetero) is 1. The lowest BCUT2D eigenvalue weighted by Gasteiger charge is -2.19. The third-order valence-electron chi connectivity index (χ3n) is 5.86. The van der Waals surface area contributed by atoms with Crippen molar-refractivity contribution in [2.75, 3.05) is 25.0 Å². The quantitative estimate of drug-likeness (QED) is 0.451. The van der Waals surface area contributed by atoms with E-state index in [1.165, 1.54) is 10.4 Å². The molecule has 1 amide bonds. The minimum Gasteiger partial charge on any atom is -0.492 e. The second-order valence-electron chi connectivity index (χ2n) is 8.24. The lowest BCUT2D eigenvalue weighted by molar-refractivity contribution is -0.116. The third kappa shape index (κ3) is 5.29. The number of fused-ring (bicyclic) bond motifs is 1. The molecular formula is C26H28N2O5S. The highest BCUT2D eigenvalue weighted by Crippen LogP contribution is 2.31. The molecule has 0 aliphatic carbocycles. The summed E-state index contributed by atoms with van der Waals surface area (Å²) in [6, 6.07) is 17.9. The van der Waals surface area contributed by atoms with Gasteiger partial charge in [0.15, 0.2) is 5.78 Å². The zero-order valence-electron chi connectivity index (χ0n) is 19.1. The highest BCUT2D eigenvalue weighted by Gasteiger charge is 2.30. The number of hydrogen-bond donors (Lipinski definition) is 1. The normalized spacial score (nSPS) is 14.3. The van der Waals surface area contributed by atoms with Crippen LogP contribution in [-0.2, 0) is 14.8 Å². The first-order valence-corrected chi connectivity index (χ1v) is 12.9. The predicted molar refractivity (Wildman–Crippen MR) is 132 cm³/mol. The monoisotopic (exact) mass is 480 g/mol. The van der Waals surface area contributed by atoms with Crippen LogP contribution in [0.4, 0.5) is 5.69 Å². The Morgan fingerprint density at radius 1 is 0.941 bits per heavy atom. The Labute approximate surface area is 199 Å². The van der Waals surface area contributed by atoms with Crippen molar-refractivity contribution in [2.45, 2.75) is 37.5 Å². The summed E-state index contributed by atoms with van der Waals surface area (Å²) in [6.45, 7) is 3.06. The third-order valence-corrected chi connectivity index (χ3v) is 7.78. The molecule has 1 aliphatic heterocycles. The Morgan fingerprint density at radius 2 is 1.68 bits per heavy atom. The summed E-state index contributed by atoms with van der Waals surface area (Å²) in [4.78, 5) is 25.2. The SMILES string of the molecule is CCOc1ccc(NC(=O)CCC(=O)c2ccc3ccccc3c2)cc1S(=O)(=O)N1CCCC1. The Kier molecular flexibility index (Phi) is 7.29. The fraction of sp³-hybridized carbons (Fsp3) is 0.308. The van der Waals surface area contributed by atoms with Crippen LogP contribution in [0.3, 0.4) is 0 Å². The molecule has 0 atom stereocenters. The average Bonchev–Trinajstić information content (AvgIpc) is 3.39. The number of nitrogens with one attached hydrogen (secondary N) is 1. The minimum atomic E-state index is -3.73. The molecule has 0 saturated carbocycles. The molecule has 1 saturated heterocycles. The molecule has 178 valence electrons. The molecule has 1 fully saturated rings. The van der Waals surface area contributed by atoms with Crippen molar-refractivity contribution in [1.29, 1.82) is 0 Å². The fourth-order valence-corrected chi connectivity index (χ4v) is 5.76. The number of ketones is 1. The molecule has 3 aromatic carbocycles. The highest BCUT2D eigenvalue weighted by atomic mass is 32.2.